The summed E-state index contributed by atoms with van der Waals surface area (Å²) >= 11 is 0. The van der Waals surface area contributed by atoms with Crippen LogP contribution in [-0.4, -0.2) is 18.7 Å². The lowest BCUT2D eigenvalue weighted by molar-refractivity contribution is -0.117. The van der Waals surface area contributed by atoms with Gasteiger partial charge in [0.05, 0.1) is 11.4 Å². The highest BCUT2D eigenvalue weighted by Crippen LogP contribution is 2.41. The van der Waals surface area contributed by atoms with Gasteiger partial charge in [-0.2, -0.15) is 0 Å². The van der Waals surface area contributed by atoms with Crippen LogP contribution in [0.15, 0.2) is 12.1 Å². The molecule has 17 heavy (non-hydrogen) atoms. The first-order valence-electron chi connectivity index (χ1n) is 5.66. The zero-order chi connectivity index (χ0) is 12.0. The number of nitrogens with one attached hydrogen (secondary N) is 2. The summed E-state index contributed by atoms with van der Waals surface area (Å²) in [6.07, 6.45) is 0. The molecule has 1 aromatic carbocycles. The quantitative estimate of drug-likeness (QED) is 0.778. The lowest BCUT2D eigenvalue weighted by atomic mass is 10.0. The number of fused-ring (bicyclic) bond motifs is 2. The summed E-state index contributed by atoms with van der Waals surface area (Å²) in [5.74, 6) is 1.61. The summed E-state index contributed by atoms with van der Waals surface area (Å²) in [5, 5.41) is 6.11. The molecule has 0 saturated heterocycles. The number of amides is 1. The Kier molecular flexibility index (Phi) is 2.14. The van der Waals surface area contributed by atoms with Crippen molar-refractivity contribution in [1.29, 1.82) is 0 Å². The van der Waals surface area contributed by atoms with E-state index in [1.165, 1.54) is 0 Å². The fourth-order valence-corrected chi connectivity index (χ4v) is 2.08. The van der Waals surface area contributed by atoms with Crippen molar-refractivity contribution in [1.82, 2.24) is 0 Å². The van der Waals surface area contributed by atoms with E-state index < -0.39 is 0 Å². The van der Waals surface area contributed by atoms with Crippen LogP contribution in [0.1, 0.15) is 13.8 Å². The molecule has 3 rings (SSSR count). The van der Waals surface area contributed by atoms with E-state index in [0.717, 1.165) is 17.1 Å². The van der Waals surface area contributed by atoms with E-state index in [1.54, 1.807) is 6.07 Å². The average molecular weight is 234 g/mol. The zero-order valence-corrected chi connectivity index (χ0v) is 9.74. The van der Waals surface area contributed by atoms with Crippen molar-refractivity contribution in [3.05, 3.63) is 12.1 Å². The van der Waals surface area contributed by atoms with Crippen molar-refractivity contribution in [2.45, 2.75) is 19.9 Å². The van der Waals surface area contributed by atoms with Crippen LogP contribution in [0.3, 0.4) is 0 Å². The van der Waals surface area contributed by atoms with Gasteiger partial charge >= 0.3 is 0 Å². The molecule has 2 aliphatic heterocycles. The van der Waals surface area contributed by atoms with Crippen molar-refractivity contribution < 1.29 is 14.3 Å². The molecule has 0 spiro atoms. The molecule has 2 aliphatic rings. The van der Waals surface area contributed by atoms with Crippen molar-refractivity contribution >= 4 is 17.3 Å². The van der Waals surface area contributed by atoms with Gasteiger partial charge in [-0.15, -0.1) is 0 Å². The minimum atomic E-state index is -0.206. The minimum absolute atomic E-state index is 0.00800. The molecular weight excluding hydrogens is 220 g/mol. The predicted octanol–water partition coefficient (Wildman–Crippen LogP) is 1.80. The van der Waals surface area contributed by atoms with Crippen LogP contribution in [0.5, 0.6) is 11.5 Å². The molecule has 1 atom stereocenters. The smallest absolute Gasteiger partial charge is 0.247 e. The lowest BCUT2D eigenvalue weighted by Gasteiger charge is -2.29. The number of hydrogen-bond acceptors (Lipinski definition) is 4. The molecule has 1 aromatic rings. The molecule has 0 radical (unpaired) electrons. The number of ether oxygens (including phenoxy) is 2. The fourth-order valence-electron chi connectivity index (χ4n) is 2.08. The van der Waals surface area contributed by atoms with E-state index in [-0.39, 0.29) is 24.7 Å². The van der Waals surface area contributed by atoms with E-state index >= 15 is 0 Å². The second kappa shape index (κ2) is 3.55. The van der Waals surface area contributed by atoms with Crippen molar-refractivity contribution in [2.75, 3.05) is 17.4 Å². The van der Waals surface area contributed by atoms with E-state index in [0.29, 0.717) is 5.75 Å². The highest BCUT2D eigenvalue weighted by molar-refractivity contribution is 6.03. The lowest BCUT2D eigenvalue weighted by Crippen LogP contribution is -2.42. The monoisotopic (exact) mass is 234 g/mol. The number of anilines is 2. The number of carbonyl (C=O) groups excluding carboxylic acids is 1. The first-order chi connectivity index (χ1) is 8.15. The van der Waals surface area contributed by atoms with Gasteiger partial charge < -0.3 is 20.1 Å². The summed E-state index contributed by atoms with van der Waals surface area (Å²) in [6.45, 7) is 4.25. The molecule has 5 nitrogen and oxygen atoms in total. The normalized spacial score (nSPS) is 20.9. The molecule has 0 aromatic heterocycles. The van der Waals surface area contributed by atoms with E-state index in [4.69, 9.17) is 9.47 Å². The third kappa shape index (κ3) is 1.58. The molecule has 2 N–H and O–H groups in total. The molecular formula is C12H14N2O3. The van der Waals surface area contributed by atoms with Crippen LogP contribution in [-0.2, 0) is 4.79 Å². The Hall–Kier alpha value is -1.91. The van der Waals surface area contributed by atoms with Crippen LogP contribution < -0.4 is 20.1 Å². The Morgan fingerprint density at radius 2 is 1.88 bits per heavy atom. The second-order valence-electron chi connectivity index (χ2n) is 4.61. The molecule has 0 fully saturated rings. The Bertz CT molecular complexity index is 485. The number of benzene rings is 1. The van der Waals surface area contributed by atoms with E-state index in [1.807, 2.05) is 19.9 Å². The molecule has 90 valence electrons. The number of carbonyl (C=O) groups is 1. The minimum Gasteiger partial charge on any atom is -0.454 e. The fraction of sp³-hybridized carbons (Fsp3) is 0.417. The van der Waals surface area contributed by atoms with Crippen molar-refractivity contribution in [3.63, 3.8) is 0 Å². The van der Waals surface area contributed by atoms with Gasteiger partial charge in [-0.05, 0) is 5.92 Å². The number of rotatable bonds is 1. The third-order valence-corrected chi connectivity index (χ3v) is 3.03. The highest BCUT2D eigenvalue weighted by atomic mass is 16.7. The maximum Gasteiger partial charge on any atom is 0.247 e. The topological polar surface area (TPSA) is 59.6 Å². The molecule has 0 aliphatic carbocycles. The molecule has 5 heteroatoms. The maximum atomic E-state index is 11.9. The summed E-state index contributed by atoms with van der Waals surface area (Å²) in [5.41, 5.74) is 1.63. The van der Waals surface area contributed by atoms with Crippen molar-refractivity contribution in [3.8, 4) is 11.5 Å². The van der Waals surface area contributed by atoms with Gasteiger partial charge in [-0.3, -0.25) is 4.79 Å². The Morgan fingerprint density at radius 3 is 2.53 bits per heavy atom. The first kappa shape index (κ1) is 10.3. The Morgan fingerprint density at radius 1 is 1.24 bits per heavy atom. The van der Waals surface area contributed by atoms with Gasteiger partial charge in [0.15, 0.2) is 11.5 Å². The summed E-state index contributed by atoms with van der Waals surface area (Å²) in [6, 6.07) is 3.45. The highest BCUT2D eigenvalue weighted by Gasteiger charge is 2.29. The van der Waals surface area contributed by atoms with Gasteiger partial charge in [-0.1, -0.05) is 13.8 Å². The van der Waals surface area contributed by atoms with Crippen LogP contribution in [0, 0.1) is 5.92 Å². The van der Waals surface area contributed by atoms with Crippen LogP contribution in [0.25, 0.3) is 0 Å². The van der Waals surface area contributed by atoms with E-state index in [9.17, 15) is 4.79 Å². The van der Waals surface area contributed by atoms with Crippen molar-refractivity contribution in [2.24, 2.45) is 5.92 Å². The molecule has 0 unspecified atom stereocenters. The Labute approximate surface area is 99.1 Å². The van der Waals surface area contributed by atoms with Crippen LogP contribution >= 0.6 is 0 Å². The molecule has 0 bridgehead atoms. The number of hydrogen-bond donors (Lipinski definition) is 2. The Balaban J connectivity index is 1.99. The molecule has 2 heterocycles. The standard InChI is InChI=1S/C12H14N2O3/c1-6(2)11-12(15)14-8-4-10-9(16-5-17-10)3-7(8)13-11/h3-4,6,11,13H,5H2,1-2H3,(H,14,15)/t11-/m0/s1. The third-order valence-electron chi connectivity index (χ3n) is 3.03. The maximum absolute atomic E-state index is 11.9. The summed E-state index contributed by atoms with van der Waals surface area (Å²) < 4.78 is 10.6. The SMILES string of the molecule is CC(C)[C@@H]1Nc2cc3c(cc2NC1=O)OCO3. The first-order valence-corrected chi connectivity index (χ1v) is 5.66. The van der Waals surface area contributed by atoms with Gasteiger partial charge in [0.25, 0.3) is 0 Å². The van der Waals surface area contributed by atoms with E-state index in [2.05, 4.69) is 10.6 Å². The van der Waals surface area contributed by atoms with Gasteiger partial charge in [0.1, 0.15) is 6.04 Å². The molecule has 0 saturated carbocycles. The molecule has 1 amide bonds. The average Bonchev–Trinajstić information content (AvgIpc) is 2.71. The zero-order valence-electron chi connectivity index (χ0n) is 9.74. The van der Waals surface area contributed by atoms with Crippen LogP contribution in [0.4, 0.5) is 11.4 Å². The van der Waals surface area contributed by atoms with Crippen LogP contribution in [0.2, 0.25) is 0 Å². The largest absolute Gasteiger partial charge is 0.454 e. The summed E-state index contributed by atoms with van der Waals surface area (Å²) in [4.78, 5) is 11.9. The predicted molar refractivity (Wildman–Crippen MR) is 63.4 cm³/mol. The van der Waals surface area contributed by atoms with Gasteiger partial charge in [0, 0.05) is 12.1 Å². The summed E-state index contributed by atoms with van der Waals surface area (Å²) in [7, 11) is 0. The second-order valence-corrected chi connectivity index (χ2v) is 4.61. The van der Waals surface area contributed by atoms with Gasteiger partial charge in [-0.25, -0.2) is 0 Å². The van der Waals surface area contributed by atoms with Gasteiger partial charge in [0.2, 0.25) is 12.7 Å².